The molecule has 0 aliphatic heterocycles. The molecule has 0 amide bonds. The Morgan fingerprint density at radius 3 is 2.32 bits per heavy atom. The van der Waals surface area contributed by atoms with E-state index in [4.69, 9.17) is 0 Å². The first-order chi connectivity index (χ1) is 14.4. The molecule has 0 fully saturated rings. The van der Waals surface area contributed by atoms with Crippen LogP contribution in [0.2, 0.25) is 0 Å². The van der Waals surface area contributed by atoms with E-state index in [1.807, 2.05) is 20.8 Å². The molecular formula is C23H31FN2O4S. The van der Waals surface area contributed by atoms with Gasteiger partial charge in [-0.25, -0.2) is 17.8 Å². The number of hydrogen-bond acceptors (Lipinski definition) is 5. The summed E-state index contributed by atoms with van der Waals surface area (Å²) >= 11 is 0. The molecule has 0 radical (unpaired) electrons. The third-order valence-corrected chi connectivity index (χ3v) is 6.29. The van der Waals surface area contributed by atoms with E-state index in [1.54, 1.807) is 30.4 Å². The molecular weight excluding hydrogens is 419 g/mol. The first kappa shape index (κ1) is 25.0. The van der Waals surface area contributed by atoms with E-state index < -0.39 is 28.0 Å². The van der Waals surface area contributed by atoms with E-state index in [2.05, 4.69) is 4.98 Å². The summed E-state index contributed by atoms with van der Waals surface area (Å²) in [7, 11) is -2.10. The molecule has 0 spiro atoms. The van der Waals surface area contributed by atoms with Gasteiger partial charge < -0.3 is 10.2 Å². The summed E-state index contributed by atoms with van der Waals surface area (Å²) in [4.78, 5) is 4.58. The van der Waals surface area contributed by atoms with Crippen LogP contribution >= 0.6 is 0 Å². The highest BCUT2D eigenvalue weighted by atomic mass is 32.2. The standard InChI is InChI=1S/C23H31FN2O4S/c1-6-18(27)13-19(28)11-12-20-21(15(2)3)14-22(26(4)31(5,29)30)25-23(20)16-7-9-17(24)10-8-16/h7-12,14-15,18-19,27-28H,6,13H2,1-5H3/b12-11+/t18-,19+/m0/s1. The van der Waals surface area contributed by atoms with Crippen LogP contribution in [-0.4, -0.2) is 49.1 Å². The van der Waals surface area contributed by atoms with Crippen molar-refractivity contribution >= 4 is 21.9 Å². The van der Waals surface area contributed by atoms with Crippen LogP contribution < -0.4 is 4.31 Å². The summed E-state index contributed by atoms with van der Waals surface area (Å²) in [5, 5.41) is 20.1. The highest BCUT2D eigenvalue weighted by Crippen LogP contribution is 2.34. The number of aliphatic hydroxyl groups is 2. The number of sulfonamides is 1. The number of benzene rings is 1. The third kappa shape index (κ3) is 6.59. The lowest BCUT2D eigenvalue weighted by atomic mass is 9.93. The lowest BCUT2D eigenvalue weighted by molar-refractivity contribution is 0.102. The van der Waals surface area contributed by atoms with Gasteiger partial charge >= 0.3 is 0 Å². The van der Waals surface area contributed by atoms with Gasteiger partial charge in [0, 0.05) is 24.6 Å². The van der Waals surface area contributed by atoms with E-state index in [9.17, 15) is 23.0 Å². The highest BCUT2D eigenvalue weighted by molar-refractivity contribution is 7.92. The number of anilines is 1. The van der Waals surface area contributed by atoms with Gasteiger partial charge in [-0.2, -0.15) is 0 Å². The molecule has 1 heterocycles. The molecule has 1 aromatic carbocycles. The summed E-state index contributed by atoms with van der Waals surface area (Å²) in [6.07, 6.45) is 3.71. The lowest BCUT2D eigenvalue weighted by Gasteiger charge is -2.22. The summed E-state index contributed by atoms with van der Waals surface area (Å²) in [6.45, 7) is 5.79. The maximum absolute atomic E-state index is 13.5. The zero-order valence-electron chi connectivity index (χ0n) is 18.6. The number of pyridine rings is 1. The number of hydrogen-bond donors (Lipinski definition) is 2. The van der Waals surface area contributed by atoms with Crippen molar-refractivity contribution in [3.8, 4) is 11.3 Å². The molecule has 0 saturated heterocycles. The van der Waals surface area contributed by atoms with Crippen molar-refractivity contribution in [3.63, 3.8) is 0 Å². The fourth-order valence-corrected chi connectivity index (χ4v) is 3.54. The third-order valence-electron chi connectivity index (χ3n) is 5.11. The summed E-state index contributed by atoms with van der Waals surface area (Å²) in [5.74, 6) is -0.116. The molecule has 6 nitrogen and oxygen atoms in total. The molecule has 2 aromatic rings. The average molecular weight is 451 g/mol. The van der Waals surface area contributed by atoms with E-state index in [0.29, 0.717) is 23.2 Å². The second-order valence-electron chi connectivity index (χ2n) is 7.95. The first-order valence-corrected chi connectivity index (χ1v) is 12.1. The van der Waals surface area contributed by atoms with Crippen LogP contribution in [0.25, 0.3) is 17.3 Å². The van der Waals surface area contributed by atoms with Crippen molar-refractivity contribution in [3.05, 3.63) is 53.4 Å². The topological polar surface area (TPSA) is 90.7 Å². The minimum Gasteiger partial charge on any atom is -0.393 e. The molecule has 0 aliphatic carbocycles. The van der Waals surface area contributed by atoms with Crippen LogP contribution in [0.5, 0.6) is 0 Å². The molecule has 1 aromatic heterocycles. The molecule has 0 saturated carbocycles. The minimum absolute atomic E-state index is 0.0203. The predicted octanol–water partition coefficient (Wildman–Crippen LogP) is 3.94. The number of aliphatic hydroxyl groups excluding tert-OH is 2. The van der Waals surface area contributed by atoms with Gasteiger partial charge in [-0.1, -0.05) is 32.9 Å². The maximum atomic E-state index is 13.5. The molecule has 170 valence electrons. The zero-order valence-corrected chi connectivity index (χ0v) is 19.4. The number of nitrogens with zero attached hydrogens (tertiary/aromatic N) is 2. The van der Waals surface area contributed by atoms with E-state index >= 15 is 0 Å². The van der Waals surface area contributed by atoms with Gasteiger partial charge in [-0.15, -0.1) is 0 Å². The molecule has 0 unspecified atom stereocenters. The quantitative estimate of drug-likeness (QED) is 0.604. The Labute approximate surface area is 184 Å². The van der Waals surface area contributed by atoms with Crippen molar-refractivity contribution < 1.29 is 23.0 Å². The summed E-state index contributed by atoms with van der Waals surface area (Å²) < 4.78 is 38.8. The Morgan fingerprint density at radius 2 is 1.81 bits per heavy atom. The molecule has 2 atom stereocenters. The lowest BCUT2D eigenvalue weighted by Crippen LogP contribution is -2.26. The second kappa shape index (κ2) is 10.3. The van der Waals surface area contributed by atoms with Gasteiger partial charge in [-0.05, 0) is 48.2 Å². The summed E-state index contributed by atoms with van der Waals surface area (Å²) in [6, 6.07) is 7.52. The van der Waals surface area contributed by atoms with E-state index in [0.717, 1.165) is 16.1 Å². The van der Waals surface area contributed by atoms with Crippen LogP contribution in [0.1, 0.15) is 50.7 Å². The maximum Gasteiger partial charge on any atom is 0.233 e. The van der Waals surface area contributed by atoms with Crippen molar-refractivity contribution in [1.29, 1.82) is 0 Å². The van der Waals surface area contributed by atoms with Crippen molar-refractivity contribution in [2.45, 2.75) is 51.7 Å². The van der Waals surface area contributed by atoms with Gasteiger partial charge in [0.2, 0.25) is 10.0 Å². The Kier molecular flexibility index (Phi) is 8.34. The molecule has 2 N–H and O–H groups in total. The van der Waals surface area contributed by atoms with Crippen LogP contribution in [-0.2, 0) is 10.0 Å². The van der Waals surface area contributed by atoms with Gasteiger partial charge in [0.25, 0.3) is 0 Å². The predicted molar refractivity (Wildman–Crippen MR) is 123 cm³/mol. The molecule has 31 heavy (non-hydrogen) atoms. The van der Waals surface area contributed by atoms with E-state index in [1.165, 1.54) is 19.2 Å². The summed E-state index contributed by atoms with van der Waals surface area (Å²) in [5.41, 5.74) is 2.64. The zero-order chi connectivity index (χ0) is 23.3. The smallest absolute Gasteiger partial charge is 0.233 e. The van der Waals surface area contributed by atoms with Crippen LogP contribution in [0.4, 0.5) is 10.2 Å². The second-order valence-corrected chi connectivity index (χ2v) is 9.96. The largest absolute Gasteiger partial charge is 0.393 e. The Bertz CT molecular complexity index is 1020. The number of aromatic nitrogens is 1. The molecule has 0 aliphatic rings. The first-order valence-electron chi connectivity index (χ1n) is 10.2. The van der Waals surface area contributed by atoms with Crippen molar-refractivity contribution in [2.24, 2.45) is 0 Å². The Hall–Kier alpha value is -2.29. The van der Waals surface area contributed by atoms with Gasteiger partial charge in [0.05, 0.1) is 24.2 Å². The monoisotopic (exact) mass is 450 g/mol. The minimum atomic E-state index is -3.53. The Morgan fingerprint density at radius 1 is 1.19 bits per heavy atom. The van der Waals surface area contributed by atoms with E-state index in [-0.39, 0.29) is 18.2 Å². The average Bonchev–Trinajstić information content (AvgIpc) is 2.70. The van der Waals surface area contributed by atoms with Gasteiger partial charge in [0.1, 0.15) is 11.6 Å². The van der Waals surface area contributed by atoms with Crippen LogP contribution in [0.3, 0.4) is 0 Å². The van der Waals surface area contributed by atoms with Crippen LogP contribution in [0.15, 0.2) is 36.4 Å². The SMILES string of the molecule is CC[C@H](O)C[C@H](O)/C=C/c1c(C(C)C)cc(N(C)S(C)(=O)=O)nc1-c1ccc(F)cc1. The Balaban J connectivity index is 2.69. The molecule has 0 bridgehead atoms. The number of halogens is 1. The molecule has 2 rings (SSSR count). The van der Waals surface area contributed by atoms with Crippen molar-refractivity contribution in [2.75, 3.05) is 17.6 Å². The fourth-order valence-electron chi connectivity index (χ4n) is 3.10. The number of rotatable bonds is 9. The van der Waals surface area contributed by atoms with Crippen molar-refractivity contribution in [1.82, 2.24) is 4.98 Å². The fraction of sp³-hybridized carbons (Fsp3) is 0.435. The van der Waals surface area contributed by atoms with Crippen LogP contribution in [0, 0.1) is 5.82 Å². The molecule has 8 heteroatoms. The normalized spacial score (nSPS) is 14.2. The van der Waals surface area contributed by atoms with Gasteiger partial charge in [0.15, 0.2) is 0 Å². The van der Waals surface area contributed by atoms with Gasteiger partial charge in [-0.3, -0.25) is 4.31 Å². The highest BCUT2D eigenvalue weighted by Gasteiger charge is 2.20.